The van der Waals surface area contributed by atoms with E-state index in [2.05, 4.69) is 10.2 Å². The summed E-state index contributed by atoms with van der Waals surface area (Å²) in [7, 11) is 1.61. The lowest BCUT2D eigenvalue weighted by atomic mass is 10.2. The minimum absolute atomic E-state index is 0.529. The Hall–Kier alpha value is -1.82. The van der Waals surface area contributed by atoms with Crippen LogP contribution in [-0.4, -0.2) is 40.0 Å². The Kier molecular flexibility index (Phi) is 6.94. The van der Waals surface area contributed by atoms with Gasteiger partial charge >= 0.3 is 0 Å². The molecule has 1 N–H and O–H groups in total. The molecule has 0 saturated carbocycles. The van der Waals surface area contributed by atoms with Gasteiger partial charge in [-0.2, -0.15) is 0 Å². The molecule has 0 amide bonds. The normalized spacial score (nSPS) is 14.1. The molecule has 0 unspecified atom stereocenters. The van der Waals surface area contributed by atoms with Gasteiger partial charge < -0.3 is 24.4 Å². The van der Waals surface area contributed by atoms with E-state index in [0.29, 0.717) is 29.7 Å². The van der Waals surface area contributed by atoms with Gasteiger partial charge in [-0.15, -0.1) is 0 Å². The van der Waals surface area contributed by atoms with Gasteiger partial charge in [0.25, 0.3) is 0 Å². The van der Waals surface area contributed by atoms with Gasteiger partial charge in [-0.05, 0) is 42.8 Å². The van der Waals surface area contributed by atoms with Crippen molar-refractivity contribution < 1.29 is 14.2 Å². The van der Waals surface area contributed by atoms with E-state index in [-0.39, 0.29) is 0 Å². The average molecular weight is 411 g/mol. The van der Waals surface area contributed by atoms with Crippen molar-refractivity contribution in [2.24, 2.45) is 0 Å². The number of hydrogen-bond donors (Lipinski definition) is 1. The summed E-state index contributed by atoms with van der Waals surface area (Å²) in [5.41, 5.74) is 2.98. The number of rotatable bonds is 7. The second-order valence-corrected chi connectivity index (χ2v) is 6.98. The Bertz CT molecular complexity index is 780. The van der Waals surface area contributed by atoms with Crippen LogP contribution in [0.2, 0.25) is 10.0 Å². The molecule has 0 radical (unpaired) electrons. The molecule has 0 bridgehead atoms. The summed E-state index contributed by atoms with van der Waals surface area (Å²) in [6.07, 6.45) is 0. The molecular weight excluding hydrogens is 387 g/mol. The van der Waals surface area contributed by atoms with E-state index in [4.69, 9.17) is 37.4 Å². The van der Waals surface area contributed by atoms with Crippen molar-refractivity contribution in [1.82, 2.24) is 0 Å². The number of ether oxygens (including phenoxy) is 3. The van der Waals surface area contributed by atoms with Crippen molar-refractivity contribution in [1.29, 1.82) is 0 Å². The first kappa shape index (κ1) is 19.9. The fraction of sp³-hybridized carbons (Fsp3) is 0.400. The van der Waals surface area contributed by atoms with E-state index in [1.165, 1.54) is 0 Å². The van der Waals surface area contributed by atoms with Gasteiger partial charge in [0.1, 0.15) is 0 Å². The molecular formula is C20H24Cl2N2O3. The number of halogens is 2. The molecule has 1 fully saturated rings. The molecule has 2 aromatic carbocycles. The van der Waals surface area contributed by atoms with Crippen LogP contribution in [0.5, 0.6) is 11.5 Å². The van der Waals surface area contributed by atoms with Gasteiger partial charge in [0.2, 0.25) is 0 Å². The highest BCUT2D eigenvalue weighted by molar-refractivity contribution is 6.33. The van der Waals surface area contributed by atoms with Crippen LogP contribution in [0.3, 0.4) is 0 Å². The lowest BCUT2D eigenvalue weighted by Gasteiger charge is -2.29. The van der Waals surface area contributed by atoms with Crippen molar-refractivity contribution in [3.8, 4) is 11.5 Å². The molecule has 1 saturated heterocycles. The van der Waals surface area contributed by atoms with Crippen molar-refractivity contribution in [2.45, 2.75) is 13.5 Å². The van der Waals surface area contributed by atoms with Crippen LogP contribution in [-0.2, 0) is 11.3 Å². The highest BCUT2D eigenvalue weighted by atomic mass is 35.5. The molecule has 1 aliphatic heterocycles. The summed E-state index contributed by atoms with van der Waals surface area (Å²) in [6, 6.07) is 9.82. The first-order valence-corrected chi connectivity index (χ1v) is 9.73. The summed E-state index contributed by atoms with van der Waals surface area (Å²) in [5, 5.41) is 4.64. The summed E-state index contributed by atoms with van der Waals surface area (Å²) in [5.74, 6) is 1.20. The predicted octanol–water partition coefficient (Wildman–Crippen LogP) is 4.85. The molecule has 1 aliphatic rings. The Morgan fingerprint density at radius 3 is 2.56 bits per heavy atom. The minimum atomic E-state index is 0.529. The first-order valence-electron chi connectivity index (χ1n) is 8.97. The number of morpholine rings is 1. The molecule has 0 aromatic heterocycles. The number of methoxy groups -OCH3 is 1. The zero-order valence-corrected chi connectivity index (χ0v) is 17.1. The Labute approximate surface area is 170 Å². The van der Waals surface area contributed by atoms with Crippen LogP contribution in [0.4, 0.5) is 11.4 Å². The van der Waals surface area contributed by atoms with E-state index in [9.17, 15) is 0 Å². The zero-order valence-electron chi connectivity index (χ0n) is 15.6. The van der Waals surface area contributed by atoms with Crippen LogP contribution >= 0.6 is 23.2 Å². The van der Waals surface area contributed by atoms with Gasteiger partial charge in [0.05, 0.1) is 42.7 Å². The van der Waals surface area contributed by atoms with Crippen LogP contribution in [0, 0.1) is 0 Å². The van der Waals surface area contributed by atoms with Gasteiger partial charge in [-0.1, -0.05) is 23.2 Å². The molecule has 5 nitrogen and oxygen atoms in total. The molecule has 3 rings (SSSR count). The third kappa shape index (κ3) is 4.92. The fourth-order valence-corrected chi connectivity index (χ4v) is 3.63. The molecule has 0 aliphatic carbocycles. The molecule has 0 spiro atoms. The van der Waals surface area contributed by atoms with E-state index in [1.807, 2.05) is 37.3 Å². The van der Waals surface area contributed by atoms with Gasteiger partial charge in [-0.3, -0.25) is 0 Å². The third-order valence-corrected chi connectivity index (χ3v) is 4.96. The highest BCUT2D eigenvalue weighted by Crippen LogP contribution is 2.37. The van der Waals surface area contributed by atoms with Crippen LogP contribution in [0.25, 0.3) is 0 Å². The largest absolute Gasteiger partial charge is 0.493 e. The van der Waals surface area contributed by atoms with E-state index in [1.54, 1.807) is 7.11 Å². The van der Waals surface area contributed by atoms with Gasteiger partial charge in [0, 0.05) is 25.3 Å². The van der Waals surface area contributed by atoms with Crippen molar-refractivity contribution in [2.75, 3.05) is 50.2 Å². The second kappa shape index (κ2) is 9.40. The van der Waals surface area contributed by atoms with Crippen LogP contribution in [0.1, 0.15) is 12.5 Å². The van der Waals surface area contributed by atoms with E-state index in [0.717, 1.165) is 48.3 Å². The maximum atomic E-state index is 6.49. The standard InChI is InChI=1S/C20H24Cl2N2O3/c1-3-27-20-17(22)10-14(11-19(20)25-2)13-23-15-4-5-18(16(21)12-15)24-6-8-26-9-7-24/h4-5,10-12,23H,3,6-9,13H2,1-2H3. The summed E-state index contributed by atoms with van der Waals surface area (Å²) >= 11 is 12.8. The van der Waals surface area contributed by atoms with Gasteiger partial charge in [0.15, 0.2) is 11.5 Å². The van der Waals surface area contributed by atoms with Gasteiger partial charge in [-0.25, -0.2) is 0 Å². The summed E-state index contributed by atoms with van der Waals surface area (Å²) < 4.78 is 16.4. The first-order chi connectivity index (χ1) is 13.1. The second-order valence-electron chi connectivity index (χ2n) is 6.16. The molecule has 0 atom stereocenters. The maximum absolute atomic E-state index is 6.49. The average Bonchev–Trinajstić information content (AvgIpc) is 2.69. The number of benzene rings is 2. The molecule has 2 aromatic rings. The van der Waals surface area contributed by atoms with Crippen molar-refractivity contribution >= 4 is 34.6 Å². The predicted molar refractivity (Wildman–Crippen MR) is 111 cm³/mol. The molecule has 27 heavy (non-hydrogen) atoms. The van der Waals surface area contributed by atoms with Crippen molar-refractivity contribution in [3.63, 3.8) is 0 Å². The lowest BCUT2D eigenvalue weighted by Crippen LogP contribution is -2.36. The Balaban J connectivity index is 1.69. The summed E-state index contributed by atoms with van der Waals surface area (Å²) in [4.78, 5) is 2.24. The molecule has 1 heterocycles. The Morgan fingerprint density at radius 1 is 1.11 bits per heavy atom. The number of nitrogens with one attached hydrogen (secondary N) is 1. The van der Waals surface area contributed by atoms with Crippen LogP contribution < -0.4 is 19.7 Å². The third-order valence-electron chi connectivity index (χ3n) is 4.37. The fourth-order valence-electron chi connectivity index (χ4n) is 3.04. The summed E-state index contributed by atoms with van der Waals surface area (Å²) in [6.45, 7) is 6.22. The zero-order chi connectivity index (χ0) is 19.2. The Morgan fingerprint density at radius 2 is 1.89 bits per heavy atom. The smallest absolute Gasteiger partial charge is 0.179 e. The highest BCUT2D eigenvalue weighted by Gasteiger charge is 2.15. The SMILES string of the molecule is CCOc1c(Cl)cc(CNc2ccc(N3CCOCC3)c(Cl)c2)cc1OC. The van der Waals surface area contributed by atoms with Crippen molar-refractivity contribution in [3.05, 3.63) is 45.9 Å². The van der Waals surface area contributed by atoms with E-state index >= 15 is 0 Å². The van der Waals surface area contributed by atoms with E-state index < -0.39 is 0 Å². The number of hydrogen-bond acceptors (Lipinski definition) is 5. The quantitative estimate of drug-likeness (QED) is 0.706. The topological polar surface area (TPSA) is 43.0 Å². The minimum Gasteiger partial charge on any atom is -0.493 e. The maximum Gasteiger partial charge on any atom is 0.179 e. The van der Waals surface area contributed by atoms with Crippen LogP contribution in [0.15, 0.2) is 30.3 Å². The number of nitrogens with zero attached hydrogens (tertiary/aromatic N) is 1. The lowest BCUT2D eigenvalue weighted by molar-refractivity contribution is 0.122. The molecule has 146 valence electrons. The monoisotopic (exact) mass is 410 g/mol. The molecule has 7 heteroatoms. The number of anilines is 2.